The predicted octanol–water partition coefficient (Wildman–Crippen LogP) is 3.37. The first kappa shape index (κ1) is 12.3. The molecule has 18 heavy (non-hydrogen) atoms. The molecule has 0 unspecified atom stereocenters. The van der Waals surface area contributed by atoms with Gasteiger partial charge in [0.1, 0.15) is 0 Å². The minimum absolute atomic E-state index is 0.368. The van der Waals surface area contributed by atoms with Gasteiger partial charge in [-0.1, -0.05) is 30.5 Å². The van der Waals surface area contributed by atoms with E-state index >= 15 is 0 Å². The van der Waals surface area contributed by atoms with Gasteiger partial charge in [0, 0.05) is 35.9 Å². The van der Waals surface area contributed by atoms with Crippen molar-refractivity contribution in [3.05, 3.63) is 28.8 Å². The van der Waals surface area contributed by atoms with Gasteiger partial charge in [-0.2, -0.15) is 0 Å². The Bertz CT molecular complexity index is 438. The molecule has 2 fully saturated rings. The lowest BCUT2D eigenvalue weighted by Gasteiger charge is -2.43. The topological polar surface area (TPSA) is 15.3 Å². The Balaban J connectivity index is 1.85. The second kappa shape index (κ2) is 4.75. The second-order valence-corrected chi connectivity index (χ2v) is 6.13. The number of hydrogen-bond donors (Lipinski definition) is 1. The summed E-state index contributed by atoms with van der Waals surface area (Å²) >= 11 is 6.24. The van der Waals surface area contributed by atoms with Crippen molar-refractivity contribution in [2.24, 2.45) is 0 Å². The fourth-order valence-electron chi connectivity index (χ4n) is 3.49. The summed E-state index contributed by atoms with van der Waals surface area (Å²) in [5.41, 5.74) is 2.90. The molecule has 1 aromatic rings. The third kappa shape index (κ3) is 2.12. The minimum Gasteiger partial charge on any atom is -0.368 e. The molecule has 1 saturated heterocycles. The zero-order valence-corrected chi connectivity index (χ0v) is 11.8. The summed E-state index contributed by atoms with van der Waals surface area (Å²) in [5, 5.41) is 4.63. The molecular formula is C15H21ClN2. The summed E-state index contributed by atoms with van der Waals surface area (Å²) in [6.07, 6.45) is 5.39. The number of hydrogen-bond acceptors (Lipinski definition) is 2. The Morgan fingerprint density at radius 2 is 2.06 bits per heavy atom. The van der Waals surface area contributed by atoms with Crippen LogP contribution in [0.15, 0.2) is 18.2 Å². The van der Waals surface area contributed by atoms with Crippen molar-refractivity contribution in [1.82, 2.24) is 5.32 Å². The number of anilines is 1. The maximum Gasteiger partial charge on any atom is 0.0455 e. The Morgan fingerprint density at radius 1 is 1.28 bits per heavy atom. The SMILES string of the molecule is Cc1c(Cl)cccc1N1CCNC2(CCCC2)C1. The van der Waals surface area contributed by atoms with Crippen LogP contribution in [-0.4, -0.2) is 25.2 Å². The third-order valence-electron chi connectivity index (χ3n) is 4.52. The van der Waals surface area contributed by atoms with Crippen molar-refractivity contribution in [3.63, 3.8) is 0 Å². The summed E-state index contributed by atoms with van der Waals surface area (Å²) in [7, 11) is 0. The Hall–Kier alpha value is -0.730. The maximum absolute atomic E-state index is 6.24. The van der Waals surface area contributed by atoms with Crippen LogP contribution in [-0.2, 0) is 0 Å². The fraction of sp³-hybridized carbons (Fsp3) is 0.600. The summed E-state index contributed by atoms with van der Waals surface area (Å²) in [4.78, 5) is 2.52. The van der Waals surface area contributed by atoms with E-state index in [9.17, 15) is 0 Å². The molecule has 1 saturated carbocycles. The number of rotatable bonds is 1. The van der Waals surface area contributed by atoms with Crippen molar-refractivity contribution in [2.75, 3.05) is 24.5 Å². The van der Waals surface area contributed by atoms with E-state index in [1.807, 2.05) is 6.07 Å². The van der Waals surface area contributed by atoms with Gasteiger partial charge in [-0.05, 0) is 37.5 Å². The highest BCUT2D eigenvalue weighted by atomic mass is 35.5. The molecule has 1 heterocycles. The predicted molar refractivity (Wildman–Crippen MR) is 77.6 cm³/mol. The Kier molecular flexibility index (Phi) is 3.25. The lowest BCUT2D eigenvalue weighted by Crippen LogP contribution is -2.59. The van der Waals surface area contributed by atoms with Gasteiger partial charge in [0.15, 0.2) is 0 Å². The molecule has 1 aliphatic carbocycles. The monoisotopic (exact) mass is 264 g/mol. The van der Waals surface area contributed by atoms with Crippen LogP contribution >= 0.6 is 11.6 Å². The first-order valence-electron chi connectivity index (χ1n) is 6.95. The van der Waals surface area contributed by atoms with Crippen LogP contribution in [0.1, 0.15) is 31.2 Å². The van der Waals surface area contributed by atoms with E-state index < -0.39 is 0 Å². The molecule has 0 atom stereocenters. The highest BCUT2D eigenvalue weighted by molar-refractivity contribution is 6.31. The molecule has 1 aromatic carbocycles. The summed E-state index contributed by atoms with van der Waals surface area (Å²) in [5.74, 6) is 0. The second-order valence-electron chi connectivity index (χ2n) is 5.72. The number of nitrogens with one attached hydrogen (secondary N) is 1. The van der Waals surface area contributed by atoms with E-state index in [4.69, 9.17) is 11.6 Å². The average molecular weight is 265 g/mol. The van der Waals surface area contributed by atoms with Gasteiger partial charge in [-0.15, -0.1) is 0 Å². The highest BCUT2D eigenvalue weighted by Gasteiger charge is 2.37. The number of piperazine rings is 1. The zero-order chi connectivity index (χ0) is 12.6. The number of benzene rings is 1. The zero-order valence-electron chi connectivity index (χ0n) is 11.0. The lowest BCUT2D eigenvalue weighted by atomic mass is 9.94. The van der Waals surface area contributed by atoms with Crippen LogP contribution in [0, 0.1) is 6.92 Å². The third-order valence-corrected chi connectivity index (χ3v) is 4.93. The van der Waals surface area contributed by atoms with Crippen LogP contribution in [0.5, 0.6) is 0 Å². The largest absolute Gasteiger partial charge is 0.368 e. The van der Waals surface area contributed by atoms with Crippen LogP contribution in [0.4, 0.5) is 5.69 Å². The first-order valence-corrected chi connectivity index (χ1v) is 7.33. The van der Waals surface area contributed by atoms with Crippen molar-refractivity contribution in [2.45, 2.75) is 38.1 Å². The smallest absolute Gasteiger partial charge is 0.0455 e. The van der Waals surface area contributed by atoms with Crippen LogP contribution in [0.25, 0.3) is 0 Å². The lowest BCUT2D eigenvalue weighted by molar-refractivity contribution is 0.304. The average Bonchev–Trinajstić information content (AvgIpc) is 2.81. The Morgan fingerprint density at radius 3 is 2.83 bits per heavy atom. The summed E-state index contributed by atoms with van der Waals surface area (Å²) in [6.45, 7) is 5.43. The fourth-order valence-corrected chi connectivity index (χ4v) is 3.66. The van der Waals surface area contributed by atoms with E-state index in [-0.39, 0.29) is 0 Å². The van der Waals surface area contributed by atoms with Gasteiger partial charge in [-0.25, -0.2) is 0 Å². The summed E-state index contributed by atoms with van der Waals surface area (Å²) < 4.78 is 0. The molecule has 3 rings (SSSR count). The van der Waals surface area contributed by atoms with E-state index in [0.717, 1.165) is 24.7 Å². The first-order chi connectivity index (χ1) is 8.70. The summed E-state index contributed by atoms with van der Waals surface area (Å²) in [6, 6.07) is 6.25. The van der Waals surface area contributed by atoms with E-state index in [2.05, 4.69) is 29.3 Å². The van der Waals surface area contributed by atoms with E-state index in [1.165, 1.54) is 36.9 Å². The van der Waals surface area contributed by atoms with Crippen LogP contribution in [0.3, 0.4) is 0 Å². The van der Waals surface area contributed by atoms with E-state index in [0.29, 0.717) is 5.54 Å². The molecule has 98 valence electrons. The van der Waals surface area contributed by atoms with Crippen molar-refractivity contribution in [1.29, 1.82) is 0 Å². The van der Waals surface area contributed by atoms with Gasteiger partial charge in [0.05, 0.1) is 0 Å². The van der Waals surface area contributed by atoms with Gasteiger partial charge in [0.2, 0.25) is 0 Å². The van der Waals surface area contributed by atoms with Gasteiger partial charge < -0.3 is 10.2 Å². The highest BCUT2D eigenvalue weighted by Crippen LogP contribution is 2.35. The molecule has 2 aliphatic rings. The molecule has 3 heteroatoms. The molecule has 2 nitrogen and oxygen atoms in total. The molecule has 1 spiro atoms. The van der Waals surface area contributed by atoms with Crippen LogP contribution in [0.2, 0.25) is 5.02 Å². The quantitative estimate of drug-likeness (QED) is 0.837. The van der Waals surface area contributed by atoms with Crippen molar-refractivity contribution < 1.29 is 0 Å². The molecular weight excluding hydrogens is 244 g/mol. The van der Waals surface area contributed by atoms with E-state index in [1.54, 1.807) is 0 Å². The number of halogens is 1. The molecule has 0 aromatic heterocycles. The maximum atomic E-state index is 6.24. The van der Waals surface area contributed by atoms with Gasteiger partial charge in [-0.3, -0.25) is 0 Å². The number of nitrogens with zero attached hydrogens (tertiary/aromatic N) is 1. The minimum atomic E-state index is 0.368. The molecule has 1 N–H and O–H groups in total. The standard InChI is InChI=1S/C15H21ClN2/c1-12-13(16)5-4-6-14(12)18-10-9-17-15(11-18)7-2-3-8-15/h4-6,17H,2-3,7-11H2,1H3. The van der Waals surface area contributed by atoms with Gasteiger partial charge >= 0.3 is 0 Å². The van der Waals surface area contributed by atoms with Crippen molar-refractivity contribution >= 4 is 17.3 Å². The molecule has 0 bridgehead atoms. The van der Waals surface area contributed by atoms with Crippen LogP contribution < -0.4 is 10.2 Å². The van der Waals surface area contributed by atoms with Crippen molar-refractivity contribution in [3.8, 4) is 0 Å². The normalized spacial score (nSPS) is 22.7. The van der Waals surface area contributed by atoms with Gasteiger partial charge in [0.25, 0.3) is 0 Å². The molecule has 1 aliphatic heterocycles. The molecule has 0 amide bonds. The molecule has 0 radical (unpaired) electrons. The Labute approximate surface area is 114 Å².